The summed E-state index contributed by atoms with van der Waals surface area (Å²) >= 11 is 3.49. The van der Waals surface area contributed by atoms with E-state index in [1.807, 2.05) is 32.0 Å². The van der Waals surface area contributed by atoms with Crippen molar-refractivity contribution in [2.75, 3.05) is 11.9 Å². The Morgan fingerprint density at radius 2 is 2.03 bits per heavy atom. The lowest BCUT2D eigenvalue weighted by Crippen LogP contribution is -2.17. The molecule has 156 valence electrons. The van der Waals surface area contributed by atoms with Crippen LogP contribution in [-0.4, -0.2) is 26.6 Å². The minimum atomic E-state index is -0.761. The van der Waals surface area contributed by atoms with Crippen LogP contribution in [0.4, 0.5) is 11.4 Å². The van der Waals surface area contributed by atoms with Crippen LogP contribution in [0.1, 0.15) is 22.8 Å². The summed E-state index contributed by atoms with van der Waals surface area (Å²) in [6.45, 7) is 11.3. The zero-order valence-electron chi connectivity index (χ0n) is 17.0. The van der Waals surface area contributed by atoms with Gasteiger partial charge >= 0.3 is 0 Å². The van der Waals surface area contributed by atoms with E-state index < -0.39 is 6.10 Å². The number of nitrogens with zero attached hydrogens (tertiary/aromatic N) is 2. The number of aryl methyl sites for hydroxylation is 2. The van der Waals surface area contributed by atoms with E-state index in [0.29, 0.717) is 33.8 Å². The van der Waals surface area contributed by atoms with Crippen molar-refractivity contribution < 1.29 is 5.11 Å². The van der Waals surface area contributed by atoms with Crippen LogP contribution in [-0.2, 0) is 0 Å². The lowest BCUT2D eigenvalue weighted by molar-refractivity contribution is 0.191. The highest BCUT2D eigenvalue weighted by Crippen LogP contribution is 2.29. The maximum atomic E-state index is 12.6. The first kappa shape index (κ1) is 20.8. The van der Waals surface area contributed by atoms with Gasteiger partial charge in [0.1, 0.15) is 11.4 Å². The molecular formula is C23H20BrN5O2. The Bertz CT molecular complexity index is 1380. The number of aromatic amines is 2. The predicted molar refractivity (Wildman–Crippen MR) is 125 cm³/mol. The third-order valence-corrected chi connectivity index (χ3v) is 6.01. The minimum absolute atomic E-state index is 0.215. The maximum absolute atomic E-state index is 12.6. The van der Waals surface area contributed by atoms with Gasteiger partial charge in [-0.25, -0.2) is 9.83 Å². The van der Waals surface area contributed by atoms with Gasteiger partial charge in [0, 0.05) is 17.2 Å². The molecule has 2 aromatic heterocycles. The SMILES string of the molecule is [C-]#[N+]c1cc(C)c2nc(-c3c(NCC(O)c4ccc(C)c(Br)c4)cc[nH]c3=O)[nH]c2c1. The number of nitrogens with one attached hydrogen (secondary N) is 3. The normalized spacial score (nSPS) is 12.0. The number of benzene rings is 2. The van der Waals surface area contributed by atoms with Gasteiger partial charge in [-0.05, 0) is 48.7 Å². The van der Waals surface area contributed by atoms with Crippen molar-refractivity contribution in [3.8, 4) is 11.4 Å². The van der Waals surface area contributed by atoms with Crippen LogP contribution in [0.15, 0.2) is 51.9 Å². The number of rotatable bonds is 5. The summed E-state index contributed by atoms with van der Waals surface area (Å²) in [7, 11) is 0. The van der Waals surface area contributed by atoms with Crippen molar-refractivity contribution in [3.63, 3.8) is 0 Å². The van der Waals surface area contributed by atoms with Gasteiger partial charge in [0.15, 0.2) is 5.69 Å². The van der Waals surface area contributed by atoms with E-state index in [-0.39, 0.29) is 12.1 Å². The average molecular weight is 478 g/mol. The summed E-state index contributed by atoms with van der Waals surface area (Å²) in [5.41, 5.74) is 5.21. The van der Waals surface area contributed by atoms with Crippen molar-refractivity contribution >= 4 is 38.3 Å². The molecule has 0 amide bonds. The molecule has 8 heteroatoms. The van der Waals surface area contributed by atoms with Gasteiger partial charge in [-0.15, -0.1) is 0 Å². The van der Waals surface area contributed by atoms with Crippen LogP contribution in [0.2, 0.25) is 0 Å². The third kappa shape index (κ3) is 4.10. The molecule has 0 aliphatic heterocycles. The summed E-state index contributed by atoms with van der Waals surface area (Å²) in [5.74, 6) is 0.400. The summed E-state index contributed by atoms with van der Waals surface area (Å²) in [6, 6.07) is 10.9. The van der Waals surface area contributed by atoms with Gasteiger partial charge in [-0.1, -0.05) is 34.1 Å². The molecule has 0 radical (unpaired) electrons. The monoisotopic (exact) mass is 477 g/mol. The molecule has 0 aliphatic rings. The Balaban J connectivity index is 1.67. The number of pyridine rings is 1. The van der Waals surface area contributed by atoms with E-state index in [1.54, 1.807) is 24.4 Å². The maximum Gasteiger partial charge on any atom is 0.261 e. The molecule has 0 saturated heterocycles. The van der Waals surface area contributed by atoms with Gasteiger partial charge < -0.3 is 20.4 Å². The number of imidazole rings is 1. The zero-order valence-corrected chi connectivity index (χ0v) is 18.5. The average Bonchev–Trinajstić information content (AvgIpc) is 3.18. The Labute approximate surface area is 187 Å². The molecule has 2 heterocycles. The Morgan fingerprint density at radius 3 is 2.77 bits per heavy atom. The number of anilines is 1. The molecule has 0 spiro atoms. The fraction of sp³-hybridized carbons (Fsp3) is 0.174. The van der Waals surface area contributed by atoms with Gasteiger partial charge in [0.05, 0.1) is 29.4 Å². The highest BCUT2D eigenvalue weighted by atomic mass is 79.9. The summed E-state index contributed by atoms with van der Waals surface area (Å²) < 4.78 is 0.928. The number of aliphatic hydroxyl groups is 1. The fourth-order valence-electron chi connectivity index (χ4n) is 3.46. The quantitative estimate of drug-likeness (QED) is 0.304. The minimum Gasteiger partial charge on any atom is -0.387 e. The molecule has 31 heavy (non-hydrogen) atoms. The fourth-order valence-corrected chi connectivity index (χ4v) is 3.85. The lowest BCUT2D eigenvalue weighted by Gasteiger charge is -2.15. The summed E-state index contributed by atoms with van der Waals surface area (Å²) in [6.07, 6.45) is 0.789. The Hall–Kier alpha value is -3.41. The second-order valence-corrected chi connectivity index (χ2v) is 8.21. The van der Waals surface area contributed by atoms with Crippen molar-refractivity contribution in [3.05, 3.63) is 85.5 Å². The number of hydrogen-bond acceptors (Lipinski definition) is 4. The van der Waals surface area contributed by atoms with Crippen LogP contribution in [0.3, 0.4) is 0 Å². The van der Waals surface area contributed by atoms with Crippen molar-refractivity contribution in [1.29, 1.82) is 0 Å². The molecule has 7 nitrogen and oxygen atoms in total. The molecule has 4 rings (SSSR count). The zero-order chi connectivity index (χ0) is 22.1. The van der Waals surface area contributed by atoms with Crippen LogP contribution in [0.25, 0.3) is 27.3 Å². The van der Waals surface area contributed by atoms with E-state index in [4.69, 9.17) is 6.57 Å². The Kier molecular flexibility index (Phi) is 5.63. The molecule has 4 aromatic rings. The van der Waals surface area contributed by atoms with Crippen LogP contribution < -0.4 is 10.9 Å². The molecule has 1 atom stereocenters. The van der Waals surface area contributed by atoms with E-state index >= 15 is 0 Å². The van der Waals surface area contributed by atoms with Crippen molar-refractivity contribution in [1.82, 2.24) is 15.0 Å². The van der Waals surface area contributed by atoms with E-state index in [9.17, 15) is 9.90 Å². The van der Waals surface area contributed by atoms with Gasteiger partial charge in [-0.3, -0.25) is 4.79 Å². The van der Waals surface area contributed by atoms with Crippen LogP contribution >= 0.6 is 15.9 Å². The number of fused-ring (bicyclic) bond motifs is 1. The molecule has 4 N–H and O–H groups in total. The highest BCUT2D eigenvalue weighted by Gasteiger charge is 2.17. The van der Waals surface area contributed by atoms with Crippen LogP contribution in [0, 0.1) is 20.4 Å². The van der Waals surface area contributed by atoms with Gasteiger partial charge in [0.25, 0.3) is 5.56 Å². The number of aromatic nitrogens is 3. The van der Waals surface area contributed by atoms with E-state index in [0.717, 1.165) is 21.2 Å². The second kappa shape index (κ2) is 8.38. The molecule has 0 bridgehead atoms. The van der Waals surface area contributed by atoms with E-state index in [1.165, 1.54) is 0 Å². The molecule has 2 aromatic carbocycles. The number of halogens is 1. The molecule has 0 aliphatic carbocycles. The summed E-state index contributed by atoms with van der Waals surface area (Å²) in [4.78, 5) is 26.6. The second-order valence-electron chi connectivity index (χ2n) is 7.36. The van der Waals surface area contributed by atoms with Crippen molar-refractivity contribution in [2.24, 2.45) is 0 Å². The molecule has 0 saturated carbocycles. The molecule has 0 fully saturated rings. The number of H-pyrrole nitrogens is 2. The predicted octanol–water partition coefficient (Wildman–Crippen LogP) is 4.99. The largest absolute Gasteiger partial charge is 0.387 e. The van der Waals surface area contributed by atoms with E-state index in [2.05, 4.69) is 41.0 Å². The number of hydrogen-bond donors (Lipinski definition) is 4. The molecule has 1 unspecified atom stereocenters. The third-order valence-electron chi connectivity index (χ3n) is 5.16. The van der Waals surface area contributed by atoms with Crippen molar-refractivity contribution in [2.45, 2.75) is 20.0 Å². The molecular weight excluding hydrogens is 458 g/mol. The Morgan fingerprint density at radius 1 is 1.23 bits per heavy atom. The van der Waals surface area contributed by atoms with Gasteiger partial charge in [0.2, 0.25) is 0 Å². The van der Waals surface area contributed by atoms with Crippen LogP contribution in [0.5, 0.6) is 0 Å². The number of aliphatic hydroxyl groups excluding tert-OH is 1. The first-order valence-electron chi connectivity index (χ1n) is 9.65. The standard InChI is InChI=1S/C23H20BrN5O2/c1-12-4-5-14(9-16(12)24)19(30)11-27-17-6-7-26-23(31)20(17)22-28-18-10-15(25-3)8-13(2)21(18)29-22/h4-10,19,30H,11H2,1-2H3,(H,28,29)(H2,26,27,31). The smallest absolute Gasteiger partial charge is 0.261 e. The first-order valence-corrected chi connectivity index (χ1v) is 10.4. The highest BCUT2D eigenvalue weighted by molar-refractivity contribution is 9.10. The van der Waals surface area contributed by atoms with Gasteiger partial charge in [-0.2, -0.15) is 0 Å². The topological polar surface area (TPSA) is 98.2 Å². The first-order chi connectivity index (χ1) is 14.9. The summed E-state index contributed by atoms with van der Waals surface area (Å²) in [5, 5.41) is 13.8. The lowest BCUT2D eigenvalue weighted by atomic mass is 10.1.